The van der Waals surface area contributed by atoms with Gasteiger partial charge < -0.3 is 10.5 Å². The third-order valence-electron chi connectivity index (χ3n) is 4.20. The van der Waals surface area contributed by atoms with Gasteiger partial charge >= 0.3 is 0 Å². The van der Waals surface area contributed by atoms with Gasteiger partial charge in [0.05, 0.1) is 18.0 Å². The number of nitrogens with zero attached hydrogens (tertiary/aromatic N) is 2. The van der Waals surface area contributed by atoms with Crippen LogP contribution in [0.5, 0.6) is 5.75 Å². The van der Waals surface area contributed by atoms with Gasteiger partial charge in [-0.25, -0.2) is 0 Å². The molecule has 8 heteroatoms. The largest absolute Gasteiger partial charge is 0.497 e. The highest BCUT2D eigenvalue weighted by Gasteiger charge is 2.40. The lowest BCUT2D eigenvalue weighted by molar-refractivity contribution is -0.117. The number of anilines is 1. The number of hydrogen-bond donors (Lipinski definition) is 1. The molecule has 142 valence electrons. The number of thioether (sulfide) groups is 1. The van der Waals surface area contributed by atoms with Crippen LogP contribution in [0, 0.1) is 11.3 Å². The Bertz CT molecular complexity index is 1020. The van der Waals surface area contributed by atoms with Gasteiger partial charge in [0.1, 0.15) is 22.4 Å². The molecule has 0 spiro atoms. The van der Waals surface area contributed by atoms with Crippen molar-refractivity contribution in [1.82, 2.24) is 0 Å². The van der Waals surface area contributed by atoms with Crippen molar-refractivity contribution in [3.05, 3.63) is 69.7 Å². The van der Waals surface area contributed by atoms with Crippen LogP contribution in [-0.2, 0) is 16.0 Å². The van der Waals surface area contributed by atoms with Crippen LogP contribution >= 0.6 is 23.4 Å². The van der Waals surface area contributed by atoms with E-state index in [2.05, 4.69) is 0 Å². The van der Waals surface area contributed by atoms with E-state index in [0.29, 0.717) is 22.9 Å². The van der Waals surface area contributed by atoms with Gasteiger partial charge in [-0.05, 0) is 30.2 Å². The molecule has 2 aromatic rings. The van der Waals surface area contributed by atoms with E-state index in [1.54, 1.807) is 30.3 Å². The Kier molecular flexibility index (Phi) is 5.93. The minimum atomic E-state index is -0.885. The molecule has 3 rings (SSSR count). The lowest BCUT2D eigenvalue weighted by Crippen LogP contribution is -2.31. The molecular formula is C20H16ClN3O3S. The predicted molar refractivity (Wildman–Crippen MR) is 109 cm³/mol. The summed E-state index contributed by atoms with van der Waals surface area (Å²) in [5, 5.41) is 9.64. The molecule has 0 aliphatic carbocycles. The Balaban J connectivity index is 2.06. The van der Waals surface area contributed by atoms with Crippen LogP contribution < -0.4 is 15.4 Å². The van der Waals surface area contributed by atoms with Crippen molar-refractivity contribution in [1.29, 1.82) is 5.26 Å². The molecule has 0 unspecified atom stereocenters. The zero-order valence-corrected chi connectivity index (χ0v) is 16.5. The number of rotatable bonds is 5. The number of amides is 2. The fourth-order valence-corrected chi connectivity index (χ4v) is 4.36. The van der Waals surface area contributed by atoms with E-state index in [4.69, 9.17) is 22.1 Å². The van der Waals surface area contributed by atoms with Gasteiger partial charge in [-0.3, -0.25) is 14.5 Å². The van der Waals surface area contributed by atoms with Crippen LogP contribution in [-0.4, -0.2) is 24.2 Å². The molecule has 1 aliphatic rings. The summed E-state index contributed by atoms with van der Waals surface area (Å²) in [5.74, 6) is -0.604. The summed E-state index contributed by atoms with van der Waals surface area (Å²) < 4.78 is 5.22. The van der Waals surface area contributed by atoms with E-state index in [1.165, 1.54) is 12.0 Å². The zero-order chi connectivity index (χ0) is 20.3. The Morgan fingerprint density at radius 3 is 2.71 bits per heavy atom. The molecule has 2 N–H and O–H groups in total. The smallest absolute Gasteiger partial charge is 0.262 e. The zero-order valence-electron chi connectivity index (χ0n) is 14.9. The molecule has 6 nitrogen and oxygen atoms in total. The predicted octanol–water partition coefficient (Wildman–Crippen LogP) is 3.26. The third-order valence-corrected chi connectivity index (χ3v) is 5.83. The van der Waals surface area contributed by atoms with Crippen LogP contribution in [0.2, 0.25) is 5.02 Å². The second-order valence-corrected chi connectivity index (χ2v) is 7.53. The standard InChI is InChI=1S/C20H16ClN3O3S/c1-27-14-7-4-6-13(10-14)24-19(26)17(9-12-5-2-3-8-16(12)21)28-20(24)15(11-22)18(23)25/h2-8,10,17H,9H2,1H3,(H2,23,25)/b20-15-/t17-/m1/s1. The van der Waals surface area contributed by atoms with Crippen LogP contribution in [0.3, 0.4) is 0 Å². The Labute approximate surface area is 171 Å². The number of nitriles is 1. The molecule has 0 bridgehead atoms. The number of nitrogens with two attached hydrogens (primary N) is 1. The first-order valence-corrected chi connectivity index (χ1v) is 9.54. The highest BCUT2D eigenvalue weighted by Crippen LogP contribution is 2.42. The van der Waals surface area contributed by atoms with Crippen molar-refractivity contribution in [2.45, 2.75) is 11.7 Å². The molecule has 2 amide bonds. The van der Waals surface area contributed by atoms with Crippen molar-refractivity contribution < 1.29 is 14.3 Å². The topological polar surface area (TPSA) is 96.4 Å². The minimum absolute atomic E-state index is 0.213. The summed E-state index contributed by atoms with van der Waals surface area (Å²) in [7, 11) is 1.51. The van der Waals surface area contributed by atoms with E-state index in [-0.39, 0.29) is 16.5 Å². The molecule has 28 heavy (non-hydrogen) atoms. The number of halogens is 1. The maximum atomic E-state index is 13.2. The molecule has 0 radical (unpaired) electrons. The lowest BCUT2D eigenvalue weighted by atomic mass is 10.1. The normalized spacial score (nSPS) is 18.0. The van der Waals surface area contributed by atoms with Crippen LogP contribution in [0.4, 0.5) is 5.69 Å². The first-order chi connectivity index (χ1) is 13.5. The van der Waals surface area contributed by atoms with Gasteiger partial charge in [-0.15, -0.1) is 0 Å². The molecule has 1 fully saturated rings. The van der Waals surface area contributed by atoms with Gasteiger partial charge in [-0.1, -0.05) is 47.6 Å². The van der Waals surface area contributed by atoms with E-state index in [9.17, 15) is 14.9 Å². The summed E-state index contributed by atoms with van der Waals surface area (Å²) >= 11 is 7.36. The maximum Gasteiger partial charge on any atom is 0.262 e. The second-order valence-electron chi connectivity index (χ2n) is 5.93. The van der Waals surface area contributed by atoms with E-state index in [1.807, 2.05) is 24.3 Å². The Morgan fingerprint density at radius 1 is 1.32 bits per heavy atom. The molecule has 0 saturated carbocycles. The van der Waals surface area contributed by atoms with E-state index in [0.717, 1.165) is 17.3 Å². The first kappa shape index (κ1) is 19.8. The molecular weight excluding hydrogens is 398 g/mol. The fraction of sp³-hybridized carbons (Fsp3) is 0.150. The summed E-state index contributed by atoms with van der Waals surface area (Å²) in [6, 6.07) is 15.9. The average Bonchev–Trinajstić information content (AvgIpc) is 3.00. The van der Waals surface area contributed by atoms with Crippen LogP contribution in [0.15, 0.2) is 59.1 Å². The van der Waals surface area contributed by atoms with Crippen molar-refractivity contribution >= 4 is 40.9 Å². The molecule has 1 saturated heterocycles. The second kappa shape index (κ2) is 8.38. The maximum absolute atomic E-state index is 13.2. The van der Waals surface area contributed by atoms with Crippen molar-refractivity contribution in [3.8, 4) is 11.8 Å². The monoisotopic (exact) mass is 413 g/mol. The number of benzene rings is 2. The van der Waals surface area contributed by atoms with Gasteiger partial charge in [0, 0.05) is 11.1 Å². The minimum Gasteiger partial charge on any atom is -0.497 e. The van der Waals surface area contributed by atoms with Crippen molar-refractivity contribution in [3.63, 3.8) is 0 Å². The molecule has 0 aromatic heterocycles. The SMILES string of the molecule is COc1cccc(N2C(=O)[C@@H](Cc3ccccc3Cl)S/C2=C(/C#N)C(N)=O)c1. The number of methoxy groups -OCH3 is 1. The third kappa shape index (κ3) is 3.84. The Hall–Kier alpha value is -2.95. The fourth-order valence-electron chi connectivity index (χ4n) is 2.85. The van der Waals surface area contributed by atoms with E-state index < -0.39 is 11.2 Å². The molecule has 1 atom stereocenters. The molecule has 2 aromatic carbocycles. The number of ether oxygens (including phenoxy) is 1. The van der Waals surface area contributed by atoms with Crippen molar-refractivity contribution in [2.24, 2.45) is 5.73 Å². The van der Waals surface area contributed by atoms with Crippen molar-refractivity contribution in [2.75, 3.05) is 12.0 Å². The lowest BCUT2D eigenvalue weighted by Gasteiger charge is -2.19. The van der Waals surface area contributed by atoms with Gasteiger partial charge in [0.15, 0.2) is 0 Å². The first-order valence-electron chi connectivity index (χ1n) is 8.28. The molecule has 1 aliphatic heterocycles. The quantitative estimate of drug-likeness (QED) is 0.599. The van der Waals surface area contributed by atoms with Gasteiger partial charge in [-0.2, -0.15) is 5.26 Å². The van der Waals surface area contributed by atoms with Gasteiger partial charge in [0.2, 0.25) is 5.91 Å². The van der Waals surface area contributed by atoms with Crippen LogP contribution in [0.25, 0.3) is 0 Å². The number of hydrogen-bond acceptors (Lipinski definition) is 5. The summed E-state index contributed by atoms with van der Waals surface area (Å²) in [4.78, 5) is 26.3. The number of carbonyl (C=O) groups is 2. The van der Waals surface area contributed by atoms with Gasteiger partial charge in [0.25, 0.3) is 5.91 Å². The summed E-state index contributed by atoms with van der Waals surface area (Å²) in [6.07, 6.45) is 0.352. The molecule has 1 heterocycles. The highest BCUT2D eigenvalue weighted by molar-refractivity contribution is 8.05. The highest BCUT2D eigenvalue weighted by atomic mass is 35.5. The Morgan fingerprint density at radius 2 is 2.07 bits per heavy atom. The van der Waals surface area contributed by atoms with Crippen LogP contribution in [0.1, 0.15) is 5.56 Å². The summed E-state index contributed by atoms with van der Waals surface area (Å²) in [5.41, 5.74) is 6.41. The average molecular weight is 414 g/mol. The number of primary amides is 1. The number of carbonyl (C=O) groups excluding carboxylic acids is 2. The van der Waals surface area contributed by atoms with E-state index >= 15 is 0 Å². The summed E-state index contributed by atoms with van der Waals surface area (Å²) in [6.45, 7) is 0.